The fraction of sp³-hybridized carbons (Fsp3) is 0.375. The summed E-state index contributed by atoms with van der Waals surface area (Å²) in [6.45, 7) is 3.76. The summed E-state index contributed by atoms with van der Waals surface area (Å²) in [5, 5.41) is 12.6. The molecule has 0 aliphatic carbocycles. The van der Waals surface area contributed by atoms with Crippen molar-refractivity contribution in [2.75, 3.05) is 36.4 Å². The first-order valence-electron chi connectivity index (χ1n) is 11.9. The molecule has 0 spiro atoms. The van der Waals surface area contributed by atoms with Crippen molar-refractivity contribution < 1.29 is 14.4 Å². The number of aromatic nitrogens is 5. The molecule has 1 atom stereocenters. The number of carbonyl (C=O) groups is 3. The predicted octanol–water partition coefficient (Wildman–Crippen LogP) is 1.17. The van der Waals surface area contributed by atoms with Gasteiger partial charge in [0.2, 0.25) is 11.8 Å². The lowest BCUT2D eigenvalue weighted by molar-refractivity contribution is -0.125. The van der Waals surface area contributed by atoms with Crippen LogP contribution in [0, 0.1) is 5.92 Å². The number of piperidine rings is 1. The summed E-state index contributed by atoms with van der Waals surface area (Å²) >= 11 is 0. The molecule has 3 heterocycles. The summed E-state index contributed by atoms with van der Waals surface area (Å²) < 4.78 is 1.56. The molecule has 12 nitrogen and oxygen atoms in total. The fourth-order valence-electron chi connectivity index (χ4n) is 3.92. The van der Waals surface area contributed by atoms with Crippen LogP contribution in [0.5, 0.6) is 0 Å². The number of rotatable bonds is 9. The van der Waals surface area contributed by atoms with E-state index in [0.29, 0.717) is 43.1 Å². The summed E-state index contributed by atoms with van der Waals surface area (Å²) in [5.41, 5.74) is 1.12. The molecule has 1 aromatic carbocycles. The van der Waals surface area contributed by atoms with Gasteiger partial charge in [0.25, 0.3) is 5.91 Å². The molecule has 0 bridgehead atoms. The highest BCUT2D eigenvalue weighted by atomic mass is 16.2. The first-order chi connectivity index (χ1) is 17.5. The van der Waals surface area contributed by atoms with Gasteiger partial charge >= 0.3 is 0 Å². The summed E-state index contributed by atoms with van der Waals surface area (Å²) in [6, 6.07) is 8.50. The van der Waals surface area contributed by atoms with Crippen LogP contribution in [0.2, 0.25) is 0 Å². The number of amides is 3. The van der Waals surface area contributed by atoms with Gasteiger partial charge in [0.05, 0.1) is 5.92 Å². The van der Waals surface area contributed by atoms with Gasteiger partial charge in [-0.2, -0.15) is 5.10 Å². The van der Waals surface area contributed by atoms with E-state index in [0.717, 1.165) is 25.2 Å². The van der Waals surface area contributed by atoms with E-state index < -0.39 is 0 Å². The number of nitrogens with one attached hydrogen (secondary N) is 3. The molecule has 4 rings (SSSR count). The first-order valence-corrected chi connectivity index (χ1v) is 11.9. The van der Waals surface area contributed by atoms with Crippen LogP contribution in [0.3, 0.4) is 0 Å². The molecular formula is C24H29N9O3. The van der Waals surface area contributed by atoms with E-state index in [9.17, 15) is 14.4 Å². The normalized spacial score (nSPS) is 15.2. The second kappa shape index (κ2) is 11.9. The van der Waals surface area contributed by atoms with E-state index in [1.807, 2.05) is 6.07 Å². The Morgan fingerprint density at radius 2 is 1.81 bits per heavy atom. The SMILES string of the molecule is CCC(=O)Nc1ccc(C(=O)NCCNC(=O)C2CCCN(c3cc(-n4cncn4)ncn3)C2)cc1. The number of hydrogen-bond acceptors (Lipinski definition) is 8. The second-order valence-electron chi connectivity index (χ2n) is 8.39. The Balaban J connectivity index is 1.22. The third kappa shape index (κ3) is 6.40. The Morgan fingerprint density at radius 3 is 2.56 bits per heavy atom. The van der Waals surface area contributed by atoms with Gasteiger partial charge in [-0.15, -0.1) is 0 Å². The van der Waals surface area contributed by atoms with E-state index >= 15 is 0 Å². The topological polar surface area (TPSA) is 147 Å². The number of carbonyl (C=O) groups excluding carboxylic acids is 3. The molecule has 1 aliphatic rings. The molecule has 0 radical (unpaired) electrons. The largest absolute Gasteiger partial charge is 0.356 e. The van der Waals surface area contributed by atoms with E-state index in [1.54, 1.807) is 42.2 Å². The number of benzene rings is 1. The number of hydrogen-bond donors (Lipinski definition) is 3. The monoisotopic (exact) mass is 491 g/mol. The minimum absolute atomic E-state index is 0.0458. The van der Waals surface area contributed by atoms with E-state index in [2.05, 4.69) is 40.9 Å². The van der Waals surface area contributed by atoms with Crippen molar-refractivity contribution in [3.8, 4) is 5.82 Å². The van der Waals surface area contributed by atoms with Crippen LogP contribution in [0.1, 0.15) is 36.5 Å². The summed E-state index contributed by atoms with van der Waals surface area (Å²) in [4.78, 5) is 51.2. The van der Waals surface area contributed by atoms with E-state index in [1.165, 1.54) is 12.7 Å². The van der Waals surface area contributed by atoms with E-state index in [-0.39, 0.29) is 23.6 Å². The minimum atomic E-state index is -0.242. The zero-order chi connectivity index (χ0) is 25.3. The van der Waals surface area contributed by atoms with Gasteiger partial charge in [0.15, 0.2) is 5.82 Å². The average molecular weight is 492 g/mol. The zero-order valence-corrected chi connectivity index (χ0v) is 20.1. The molecule has 3 amide bonds. The van der Waals surface area contributed by atoms with Gasteiger partial charge in [-0.25, -0.2) is 19.6 Å². The Bertz CT molecular complexity index is 1180. The highest BCUT2D eigenvalue weighted by molar-refractivity contribution is 5.95. The van der Waals surface area contributed by atoms with Crippen molar-refractivity contribution in [1.29, 1.82) is 0 Å². The van der Waals surface area contributed by atoms with Crippen molar-refractivity contribution in [3.63, 3.8) is 0 Å². The highest BCUT2D eigenvalue weighted by Gasteiger charge is 2.26. The predicted molar refractivity (Wildman–Crippen MR) is 133 cm³/mol. The zero-order valence-electron chi connectivity index (χ0n) is 20.1. The minimum Gasteiger partial charge on any atom is -0.356 e. The summed E-state index contributed by atoms with van der Waals surface area (Å²) in [5.74, 6) is 0.798. The maximum atomic E-state index is 12.8. The molecule has 3 N–H and O–H groups in total. The molecule has 36 heavy (non-hydrogen) atoms. The third-order valence-electron chi connectivity index (χ3n) is 5.87. The Morgan fingerprint density at radius 1 is 1.03 bits per heavy atom. The van der Waals surface area contributed by atoms with Crippen LogP contribution in [-0.4, -0.2) is 68.6 Å². The molecule has 12 heteroatoms. The van der Waals surface area contributed by atoms with Crippen molar-refractivity contribution >= 4 is 29.2 Å². The van der Waals surface area contributed by atoms with Crippen molar-refractivity contribution in [2.24, 2.45) is 5.92 Å². The molecular weight excluding hydrogens is 462 g/mol. The fourth-order valence-corrected chi connectivity index (χ4v) is 3.92. The first kappa shape index (κ1) is 24.8. The van der Waals surface area contributed by atoms with Crippen molar-refractivity contribution in [3.05, 3.63) is 54.9 Å². The lowest BCUT2D eigenvalue weighted by Gasteiger charge is -2.32. The molecule has 188 valence electrons. The smallest absolute Gasteiger partial charge is 0.251 e. The van der Waals surface area contributed by atoms with Gasteiger partial charge in [-0.1, -0.05) is 6.92 Å². The van der Waals surface area contributed by atoms with Gasteiger partial charge in [-0.05, 0) is 37.1 Å². The Labute approximate surface area is 208 Å². The lowest BCUT2D eigenvalue weighted by atomic mass is 9.97. The highest BCUT2D eigenvalue weighted by Crippen LogP contribution is 2.22. The molecule has 2 aromatic heterocycles. The molecule has 1 aliphatic heterocycles. The van der Waals surface area contributed by atoms with Crippen LogP contribution in [0.4, 0.5) is 11.5 Å². The standard InChI is InChI=1S/C24H29N9O3/c1-2-22(34)31-19-7-5-17(6-8-19)23(35)26-9-10-27-24(36)18-4-3-11-32(13-18)20-12-21(29-15-28-20)33-16-25-14-30-33/h5-8,12,14-16,18H,2-4,9-11,13H2,1H3,(H,26,35)(H,27,36)(H,31,34). The number of anilines is 2. The van der Waals surface area contributed by atoms with Crippen LogP contribution in [0.25, 0.3) is 5.82 Å². The second-order valence-corrected chi connectivity index (χ2v) is 8.39. The van der Waals surface area contributed by atoms with Crippen molar-refractivity contribution in [1.82, 2.24) is 35.4 Å². The van der Waals surface area contributed by atoms with Gasteiger partial charge < -0.3 is 20.9 Å². The Kier molecular flexibility index (Phi) is 8.16. The molecule has 1 fully saturated rings. The molecule has 3 aromatic rings. The van der Waals surface area contributed by atoms with Crippen LogP contribution < -0.4 is 20.9 Å². The molecule has 1 saturated heterocycles. The van der Waals surface area contributed by atoms with E-state index in [4.69, 9.17) is 0 Å². The lowest BCUT2D eigenvalue weighted by Crippen LogP contribution is -2.45. The van der Waals surface area contributed by atoms with Gasteiger partial charge in [-0.3, -0.25) is 14.4 Å². The summed E-state index contributed by atoms with van der Waals surface area (Å²) in [7, 11) is 0. The van der Waals surface area contributed by atoms with Crippen molar-refractivity contribution in [2.45, 2.75) is 26.2 Å². The molecule has 0 saturated carbocycles. The van der Waals surface area contributed by atoms with Crippen LogP contribution >= 0.6 is 0 Å². The maximum Gasteiger partial charge on any atom is 0.251 e. The maximum absolute atomic E-state index is 12.8. The Hall–Kier alpha value is -4.35. The third-order valence-corrected chi connectivity index (χ3v) is 5.87. The quantitative estimate of drug-likeness (QED) is 0.378. The van der Waals surface area contributed by atoms with Crippen LogP contribution in [0.15, 0.2) is 49.3 Å². The summed E-state index contributed by atoms with van der Waals surface area (Å²) in [6.07, 6.45) is 6.53. The number of nitrogens with zero attached hydrogens (tertiary/aromatic N) is 6. The average Bonchev–Trinajstić information content (AvgIpc) is 3.46. The molecule has 1 unspecified atom stereocenters. The van der Waals surface area contributed by atoms with Crippen LogP contribution in [-0.2, 0) is 9.59 Å². The van der Waals surface area contributed by atoms with Gasteiger partial charge in [0.1, 0.15) is 24.8 Å². The van der Waals surface area contributed by atoms with Gasteiger partial charge in [0, 0.05) is 49.9 Å².